The Bertz CT molecular complexity index is 1230. The van der Waals surface area contributed by atoms with E-state index in [0.717, 1.165) is 22.8 Å². The number of fused-ring (bicyclic) bond motifs is 1. The zero-order valence-electron chi connectivity index (χ0n) is 19.1. The van der Waals surface area contributed by atoms with Gasteiger partial charge in [0.15, 0.2) is 0 Å². The summed E-state index contributed by atoms with van der Waals surface area (Å²) >= 11 is 0. The predicted molar refractivity (Wildman–Crippen MR) is 133 cm³/mol. The van der Waals surface area contributed by atoms with Crippen molar-refractivity contribution in [3.8, 4) is 0 Å². The third-order valence-corrected chi connectivity index (χ3v) is 6.91. The average Bonchev–Trinajstić information content (AvgIpc) is 2.81. The zero-order valence-corrected chi connectivity index (χ0v) is 19.9. The summed E-state index contributed by atoms with van der Waals surface area (Å²) in [4.78, 5) is 24.8. The van der Waals surface area contributed by atoms with Crippen LogP contribution in [0.5, 0.6) is 0 Å². The molecule has 3 aromatic carbocycles. The first-order chi connectivity index (χ1) is 16.3. The second-order valence-electron chi connectivity index (χ2n) is 8.34. The van der Waals surface area contributed by atoms with Crippen LogP contribution < -0.4 is 10.0 Å². The fourth-order valence-electron chi connectivity index (χ4n) is 3.78. The van der Waals surface area contributed by atoms with Crippen LogP contribution in [0.25, 0.3) is 10.8 Å². The second kappa shape index (κ2) is 11.8. The molecule has 3 aromatic rings. The van der Waals surface area contributed by atoms with Gasteiger partial charge in [0.1, 0.15) is 12.1 Å². The quantitative estimate of drug-likeness (QED) is 0.365. The SMILES string of the molecule is CCCC[C@H](NC(=O)[C@@H](Cc1ccc2ccccc2c1)NS(=O)(=O)Cc1ccccc1)C(=O)O. The third-order valence-electron chi connectivity index (χ3n) is 5.55. The largest absolute Gasteiger partial charge is 0.480 e. The summed E-state index contributed by atoms with van der Waals surface area (Å²) in [6.45, 7) is 1.93. The Morgan fingerprint density at radius 1 is 0.882 bits per heavy atom. The lowest BCUT2D eigenvalue weighted by Crippen LogP contribution is -2.52. The van der Waals surface area contributed by atoms with E-state index in [1.165, 1.54) is 0 Å². The molecular formula is C26H30N2O5S. The number of hydrogen-bond donors (Lipinski definition) is 3. The average molecular weight is 483 g/mol. The van der Waals surface area contributed by atoms with Gasteiger partial charge in [0, 0.05) is 0 Å². The number of amides is 1. The molecule has 0 spiro atoms. The highest BCUT2D eigenvalue weighted by Gasteiger charge is 2.28. The molecule has 0 saturated heterocycles. The highest BCUT2D eigenvalue weighted by atomic mass is 32.2. The van der Waals surface area contributed by atoms with Crippen molar-refractivity contribution in [2.45, 2.75) is 50.4 Å². The number of sulfonamides is 1. The number of benzene rings is 3. The first kappa shape index (κ1) is 25.4. The van der Waals surface area contributed by atoms with Crippen LogP contribution in [0.4, 0.5) is 0 Å². The van der Waals surface area contributed by atoms with Crippen LogP contribution in [-0.4, -0.2) is 37.5 Å². The van der Waals surface area contributed by atoms with Crippen LogP contribution in [0, 0.1) is 0 Å². The van der Waals surface area contributed by atoms with Crippen molar-refractivity contribution in [2.24, 2.45) is 0 Å². The van der Waals surface area contributed by atoms with E-state index in [1.807, 2.05) is 49.4 Å². The Kier molecular flexibility index (Phi) is 8.79. The molecule has 0 fully saturated rings. The van der Waals surface area contributed by atoms with Gasteiger partial charge in [-0.15, -0.1) is 0 Å². The molecule has 0 aromatic heterocycles. The fraction of sp³-hybridized carbons (Fsp3) is 0.308. The molecule has 180 valence electrons. The van der Waals surface area contributed by atoms with Crippen molar-refractivity contribution in [1.82, 2.24) is 10.0 Å². The number of aliphatic carboxylic acids is 1. The summed E-state index contributed by atoms with van der Waals surface area (Å²) in [5.74, 6) is -2.08. The summed E-state index contributed by atoms with van der Waals surface area (Å²) in [7, 11) is -3.87. The molecule has 7 nitrogen and oxygen atoms in total. The number of carbonyl (C=O) groups excluding carboxylic acids is 1. The fourth-order valence-corrected chi connectivity index (χ4v) is 5.12. The van der Waals surface area contributed by atoms with Crippen LogP contribution >= 0.6 is 0 Å². The van der Waals surface area contributed by atoms with Crippen molar-refractivity contribution in [3.05, 3.63) is 83.9 Å². The smallest absolute Gasteiger partial charge is 0.326 e. The lowest BCUT2D eigenvalue weighted by atomic mass is 10.0. The highest BCUT2D eigenvalue weighted by Crippen LogP contribution is 2.17. The van der Waals surface area contributed by atoms with Gasteiger partial charge in [-0.3, -0.25) is 4.79 Å². The minimum absolute atomic E-state index is 0.0881. The number of carboxylic acid groups (broad SMARTS) is 1. The molecule has 0 aliphatic rings. The van der Waals surface area contributed by atoms with Gasteiger partial charge in [-0.1, -0.05) is 92.6 Å². The van der Waals surface area contributed by atoms with E-state index < -0.39 is 34.0 Å². The van der Waals surface area contributed by atoms with E-state index in [4.69, 9.17) is 0 Å². The van der Waals surface area contributed by atoms with Gasteiger partial charge >= 0.3 is 5.97 Å². The Morgan fingerprint density at radius 2 is 1.56 bits per heavy atom. The number of carbonyl (C=O) groups is 2. The van der Waals surface area contributed by atoms with Crippen LogP contribution in [0.3, 0.4) is 0 Å². The van der Waals surface area contributed by atoms with Crippen molar-refractivity contribution in [3.63, 3.8) is 0 Å². The molecule has 0 heterocycles. The number of carboxylic acids is 1. The van der Waals surface area contributed by atoms with Gasteiger partial charge < -0.3 is 10.4 Å². The summed E-state index contributed by atoms with van der Waals surface area (Å²) < 4.78 is 28.3. The van der Waals surface area contributed by atoms with Gasteiger partial charge in [0.05, 0.1) is 5.75 Å². The molecule has 0 unspecified atom stereocenters. The molecule has 2 atom stereocenters. The van der Waals surface area contributed by atoms with Crippen molar-refractivity contribution in [1.29, 1.82) is 0 Å². The molecule has 3 N–H and O–H groups in total. The minimum atomic E-state index is -3.87. The lowest BCUT2D eigenvalue weighted by molar-refractivity contribution is -0.142. The maximum absolute atomic E-state index is 13.1. The van der Waals surface area contributed by atoms with E-state index in [0.29, 0.717) is 12.0 Å². The van der Waals surface area contributed by atoms with E-state index in [9.17, 15) is 23.1 Å². The van der Waals surface area contributed by atoms with Crippen molar-refractivity contribution >= 4 is 32.7 Å². The number of rotatable bonds is 12. The summed E-state index contributed by atoms with van der Waals surface area (Å²) in [6.07, 6.45) is 1.78. The van der Waals surface area contributed by atoms with Crippen LogP contribution in [0.15, 0.2) is 72.8 Å². The van der Waals surface area contributed by atoms with E-state index in [-0.39, 0.29) is 18.6 Å². The first-order valence-corrected chi connectivity index (χ1v) is 13.0. The third kappa shape index (κ3) is 7.40. The van der Waals surface area contributed by atoms with Gasteiger partial charge in [-0.05, 0) is 34.7 Å². The first-order valence-electron chi connectivity index (χ1n) is 11.3. The second-order valence-corrected chi connectivity index (χ2v) is 10.1. The number of unbranched alkanes of at least 4 members (excludes halogenated alkanes) is 1. The normalized spacial score (nSPS) is 13.3. The summed E-state index contributed by atoms with van der Waals surface area (Å²) in [5.41, 5.74) is 1.35. The number of nitrogens with one attached hydrogen (secondary N) is 2. The van der Waals surface area contributed by atoms with E-state index in [2.05, 4.69) is 10.0 Å². The Morgan fingerprint density at radius 3 is 2.24 bits per heavy atom. The van der Waals surface area contributed by atoms with Gasteiger partial charge in [0.2, 0.25) is 15.9 Å². The monoisotopic (exact) mass is 482 g/mol. The Labute approximate surface area is 200 Å². The molecule has 0 saturated carbocycles. The minimum Gasteiger partial charge on any atom is -0.480 e. The predicted octanol–water partition coefficient (Wildman–Crippen LogP) is 3.63. The Hall–Kier alpha value is -3.23. The molecular weight excluding hydrogens is 452 g/mol. The molecule has 1 amide bonds. The highest BCUT2D eigenvalue weighted by molar-refractivity contribution is 7.88. The standard InChI is InChI=1S/C26H30N2O5S/c1-2-3-13-23(26(30)31)27-25(29)24(28-34(32,33)18-19-9-5-4-6-10-19)17-20-14-15-21-11-7-8-12-22(21)16-20/h4-12,14-16,23-24,28H,2-3,13,17-18H2,1H3,(H,27,29)(H,30,31)/t23-,24+/m0/s1. The molecule has 0 bridgehead atoms. The molecule has 3 rings (SSSR count). The topological polar surface area (TPSA) is 113 Å². The van der Waals surface area contributed by atoms with Crippen LogP contribution in [0.1, 0.15) is 37.3 Å². The molecule has 0 radical (unpaired) electrons. The molecule has 34 heavy (non-hydrogen) atoms. The zero-order chi connectivity index (χ0) is 24.6. The van der Waals surface area contributed by atoms with E-state index in [1.54, 1.807) is 30.3 Å². The van der Waals surface area contributed by atoms with Gasteiger partial charge in [-0.2, -0.15) is 0 Å². The van der Waals surface area contributed by atoms with Crippen molar-refractivity contribution < 1.29 is 23.1 Å². The summed E-state index contributed by atoms with van der Waals surface area (Å²) in [6, 6.07) is 19.9. The van der Waals surface area contributed by atoms with E-state index >= 15 is 0 Å². The lowest BCUT2D eigenvalue weighted by Gasteiger charge is -2.22. The molecule has 8 heteroatoms. The van der Waals surface area contributed by atoms with Crippen LogP contribution in [0.2, 0.25) is 0 Å². The Balaban J connectivity index is 1.84. The van der Waals surface area contributed by atoms with Gasteiger partial charge in [0.25, 0.3) is 0 Å². The maximum Gasteiger partial charge on any atom is 0.326 e. The van der Waals surface area contributed by atoms with Crippen molar-refractivity contribution in [2.75, 3.05) is 0 Å². The molecule has 0 aliphatic carbocycles. The maximum atomic E-state index is 13.1. The molecule has 0 aliphatic heterocycles. The van der Waals surface area contributed by atoms with Gasteiger partial charge in [-0.25, -0.2) is 17.9 Å². The number of hydrogen-bond acceptors (Lipinski definition) is 4. The summed E-state index contributed by atoms with van der Waals surface area (Å²) in [5, 5.41) is 14.0. The van der Waals surface area contributed by atoms with Crippen LogP contribution in [-0.2, 0) is 31.8 Å².